The van der Waals surface area contributed by atoms with Crippen LogP contribution in [-0.2, 0) is 9.53 Å². The smallest absolute Gasteiger partial charge is 0.359 e. The first kappa shape index (κ1) is 23.5. The number of para-hydroxylation sites is 2. The molecule has 36 heavy (non-hydrogen) atoms. The van der Waals surface area contributed by atoms with E-state index in [1.165, 1.54) is 4.68 Å². The van der Waals surface area contributed by atoms with Crippen molar-refractivity contribution in [2.45, 2.75) is 38.1 Å². The Kier molecular flexibility index (Phi) is 6.89. The average Bonchev–Trinajstić information content (AvgIpc) is 2.94. The van der Waals surface area contributed by atoms with E-state index in [1.54, 1.807) is 53.4 Å². The van der Waals surface area contributed by atoms with Gasteiger partial charge in [-0.15, -0.1) is 0 Å². The number of carbonyl (C=O) groups excluding carboxylic acids is 2. The lowest BCUT2D eigenvalue weighted by molar-refractivity contribution is -0.122. The fourth-order valence-corrected chi connectivity index (χ4v) is 4.84. The van der Waals surface area contributed by atoms with Crippen LogP contribution in [0.3, 0.4) is 0 Å². The molecule has 1 heterocycles. The van der Waals surface area contributed by atoms with E-state index in [0.717, 1.165) is 37.8 Å². The SMILES string of the molecule is O=C(OCC(=O)N(c1ccccc1)C1CCCCC1)c1nn(-c2ccccc2)c(=O)c2ccccc12. The molecule has 0 radical (unpaired) electrons. The van der Waals surface area contributed by atoms with Crippen molar-refractivity contribution in [1.29, 1.82) is 0 Å². The Morgan fingerprint density at radius 3 is 2.14 bits per heavy atom. The van der Waals surface area contributed by atoms with Gasteiger partial charge in [-0.2, -0.15) is 9.78 Å². The van der Waals surface area contributed by atoms with Crippen molar-refractivity contribution in [3.8, 4) is 5.69 Å². The second-order valence-electron chi connectivity index (χ2n) is 8.91. The van der Waals surface area contributed by atoms with Gasteiger partial charge in [0.25, 0.3) is 11.5 Å². The molecule has 0 aliphatic heterocycles. The monoisotopic (exact) mass is 481 g/mol. The summed E-state index contributed by atoms with van der Waals surface area (Å²) in [4.78, 5) is 41.4. The summed E-state index contributed by atoms with van der Waals surface area (Å²) in [5.74, 6) is -1.02. The number of anilines is 1. The molecule has 4 aromatic rings. The van der Waals surface area contributed by atoms with Crippen LogP contribution in [0.2, 0.25) is 0 Å². The van der Waals surface area contributed by atoms with E-state index in [-0.39, 0.29) is 23.2 Å². The highest BCUT2D eigenvalue weighted by Crippen LogP contribution is 2.27. The Bertz CT molecular complexity index is 1430. The number of esters is 1. The van der Waals surface area contributed by atoms with Crippen molar-refractivity contribution < 1.29 is 14.3 Å². The molecule has 1 aromatic heterocycles. The first-order valence-electron chi connectivity index (χ1n) is 12.3. The summed E-state index contributed by atoms with van der Waals surface area (Å²) in [5, 5.41) is 5.08. The Labute approximate surface area is 208 Å². The number of rotatable bonds is 6. The summed E-state index contributed by atoms with van der Waals surface area (Å²) in [6.07, 6.45) is 5.14. The maximum atomic E-state index is 13.4. The van der Waals surface area contributed by atoms with E-state index in [1.807, 2.05) is 36.4 Å². The molecule has 1 fully saturated rings. The van der Waals surface area contributed by atoms with Gasteiger partial charge in [0.05, 0.1) is 11.1 Å². The first-order chi connectivity index (χ1) is 17.6. The van der Waals surface area contributed by atoms with Crippen LogP contribution < -0.4 is 10.5 Å². The molecule has 1 amide bonds. The largest absolute Gasteiger partial charge is 0.451 e. The summed E-state index contributed by atoms with van der Waals surface area (Å²) >= 11 is 0. The van der Waals surface area contributed by atoms with Crippen molar-refractivity contribution in [3.63, 3.8) is 0 Å². The number of fused-ring (bicyclic) bond motifs is 1. The molecule has 5 rings (SSSR count). The molecule has 7 nitrogen and oxygen atoms in total. The molecule has 3 aromatic carbocycles. The number of hydrogen-bond acceptors (Lipinski definition) is 5. The van der Waals surface area contributed by atoms with E-state index < -0.39 is 12.6 Å². The molecule has 1 aliphatic carbocycles. The van der Waals surface area contributed by atoms with Crippen LogP contribution >= 0.6 is 0 Å². The van der Waals surface area contributed by atoms with Crippen LogP contribution in [-0.4, -0.2) is 34.3 Å². The Hall–Kier alpha value is -4.26. The Balaban J connectivity index is 1.43. The third-order valence-electron chi connectivity index (χ3n) is 6.57. The van der Waals surface area contributed by atoms with Gasteiger partial charge in [0.1, 0.15) is 0 Å². The number of carbonyl (C=O) groups is 2. The van der Waals surface area contributed by atoms with Gasteiger partial charge in [-0.05, 0) is 43.2 Å². The van der Waals surface area contributed by atoms with E-state index in [9.17, 15) is 14.4 Å². The minimum Gasteiger partial charge on any atom is -0.451 e. The number of nitrogens with zero attached hydrogens (tertiary/aromatic N) is 3. The van der Waals surface area contributed by atoms with Crippen molar-refractivity contribution >= 4 is 28.3 Å². The topological polar surface area (TPSA) is 81.5 Å². The van der Waals surface area contributed by atoms with E-state index in [0.29, 0.717) is 16.5 Å². The van der Waals surface area contributed by atoms with Crippen LogP contribution in [0, 0.1) is 0 Å². The number of amides is 1. The molecule has 0 N–H and O–H groups in total. The minimum atomic E-state index is -0.749. The molecule has 0 spiro atoms. The third kappa shape index (κ3) is 4.77. The fraction of sp³-hybridized carbons (Fsp3) is 0.241. The second kappa shape index (κ2) is 10.6. The van der Waals surface area contributed by atoms with Gasteiger partial charge < -0.3 is 9.64 Å². The van der Waals surface area contributed by atoms with E-state index in [2.05, 4.69) is 5.10 Å². The molecule has 0 atom stereocenters. The molecule has 182 valence electrons. The van der Waals surface area contributed by atoms with Gasteiger partial charge in [-0.25, -0.2) is 4.79 Å². The molecule has 0 unspecified atom stereocenters. The molecule has 1 aliphatic rings. The number of aromatic nitrogens is 2. The van der Waals surface area contributed by atoms with Crippen LogP contribution in [0.4, 0.5) is 5.69 Å². The van der Waals surface area contributed by atoms with Gasteiger partial charge >= 0.3 is 5.97 Å². The molecule has 7 heteroatoms. The van der Waals surface area contributed by atoms with Crippen LogP contribution in [0.25, 0.3) is 16.5 Å². The summed E-state index contributed by atoms with van der Waals surface area (Å²) in [5.41, 5.74) is 0.986. The summed E-state index contributed by atoms with van der Waals surface area (Å²) in [7, 11) is 0. The fourth-order valence-electron chi connectivity index (χ4n) is 4.84. The third-order valence-corrected chi connectivity index (χ3v) is 6.57. The van der Waals surface area contributed by atoms with Crippen molar-refractivity contribution in [2.24, 2.45) is 0 Å². The lowest BCUT2D eigenvalue weighted by Gasteiger charge is -2.34. The highest BCUT2D eigenvalue weighted by Gasteiger charge is 2.28. The average molecular weight is 482 g/mol. The first-order valence-corrected chi connectivity index (χ1v) is 12.3. The predicted molar refractivity (Wildman–Crippen MR) is 138 cm³/mol. The number of hydrogen-bond donors (Lipinski definition) is 0. The standard InChI is InChI=1S/C29H27N3O4/c33-26(31(21-12-4-1-5-13-21)22-14-6-2-7-15-22)20-36-29(35)27-24-18-10-11-19-25(24)28(34)32(30-27)23-16-8-3-9-17-23/h1,3-5,8-13,16-19,22H,2,6-7,14-15,20H2. The zero-order valence-corrected chi connectivity index (χ0v) is 19.9. The zero-order valence-electron chi connectivity index (χ0n) is 19.9. The maximum absolute atomic E-state index is 13.4. The number of ether oxygens (including phenoxy) is 1. The highest BCUT2D eigenvalue weighted by molar-refractivity contribution is 6.03. The molecular weight excluding hydrogens is 454 g/mol. The predicted octanol–water partition coefficient (Wildman–Crippen LogP) is 4.91. The quantitative estimate of drug-likeness (QED) is 0.366. The maximum Gasteiger partial charge on any atom is 0.359 e. The van der Waals surface area contributed by atoms with Crippen LogP contribution in [0.15, 0.2) is 89.7 Å². The van der Waals surface area contributed by atoms with Crippen LogP contribution in [0.1, 0.15) is 42.6 Å². The second-order valence-corrected chi connectivity index (χ2v) is 8.91. The van der Waals surface area contributed by atoms with Gasteiger partial charge in [-0.1, -0.05) is 73.9 Å². The Morgan fingerprint density at radius 2 is 1.44 bits per heavy atom. The van der Waals surface area contributed by atoms with Crippen molar-refractivity contribution in [3.05, 3.63) is 101 Å². The van der Waals surface area contributed by atoms with Gasteiger partial charge in [0.2, 0.25) is 0 Å². The molecule has 0 saturated heterocycles. The lowest BCUT2D eigenvalue weighted by atomic mass is 9.93. The summed E-state index contributed by atoms with van der Waals surface area (Å²) < 4.78 is 6.71. The van der Waals surface area contributed by atoms with Gasteiger partial charge in [0, 0.05) is 17.1 Å². The van der Waals surface area contributed by atoms with Gasteiger partial charge in [0.15, 0.2) is 12.3 Å². The summed E-state index contributed by atoms with van der Waals surface area (Å²) in [6, 6.07) is 25.3. The summed E-state index contributed by atoms with van der Waals surface area (Å²) in [6.45, 7) is -0.412. The lowest BCUT2D eigenvalue weighted by Crippen LogP contribution is -2.44. The van der Waals surface area contributed by atoms with Crippen LogP contribution in [0.5, 0.6) is 0 Å². The molecule has 0 bridgehead atoms. The van der Waals surface area contributed by atoms with E-state index in [4.69, 9.17) is 4.74 Å². The normalized spacial score (nSPS) is 13.9. The zero-order chi connectivity index (χ0) is 24.9. The Morgan fingerprint density at radius 1 is 0.833 bits per heavy atom. The van der Waals surface area contributed by atoms with E-state index >= 15 is 0 Å². The van der Waals surface area contributed by atoms with Crippen molar-refractivity contribution in [2.75, 3.05) is 11.5 Å². The highest BCUT2D eigenvalue weighted by atomic mass is 16.5. The molecule has 1 saturated carbocycles. The van der Waals surface area contributed by atoms with Crippen molar-refractivity contribution in [1.82, 2.24) is 9.78 Å². The van der Waals surface area contributed by atoms with Gasteiger partial charge in [-0.3, -0.25) is 9.59 Å². The molecular formula is C29H27N3O4. The number of benzene rings is 3. The minimum absolute atomic E-state index is 0.00854.